The van der Waals surface area contributed by atoms with Crippen LogP contribution in [0.15, 0.2) is 48.5 Å². The van der Waals surface area contributed by atoms with E-state index >= 15 is 0 Å². The summed E-state index contributed by atoms with van der Waals surface area (Å²) >= 11 is 1.73. The first kappa shape index (κ1) is 13.8. The molecule has 0 amide bonds. The minimum absolute atomic E-state index is 0.866. The number of methoxy groups -OCH3 is 1. The molecule has 0 unspecified atom stereocenters. The van der Waals surface area contributed by atoms with Crippen LogP contribution in [0.25, 0.3) is 21.8 Å². The van der Waals surface area contributed by atoms with Crippen LogP contribution < -0.4 is 4.74 Å². The molecule has 0 aliphatic carbocycles. The molecule has 106 valence electrons. The first-order valence-corrected chi connectivity index (χ1v) is 7.68. The predicted molar refractivity (Wildman–Crippen MR) is 89.0 cm³/mol. The Labute approximate surface area is 129 Å². The van der Waals surface area contributed by atoms with E-state index in [2.05, 4.69) is 50.2 Å². The molecule has 3 aromatic rings. The number of thiazole rings is 1. The van der Waals surface area contributed by atoms with E-state index in [1.807, 2.05) is 12.1 Å². The Bertz CT molecular complexity index is 742. The third-order valence-electron chi connectivity index (χ3n) is 3.46. The summed E-state index contributed by atoms with van der Waals surface area (Å²) in [5, 5.41) is 1.05. The molecule has 3 heteroatoms. The Hall–Kier alpha value is -2.13. The van der Waals surface area contributed by atoms with Crippen LogP contribution in [0.3, 0.4) is 0 Å². The summed E-state index contributed by atoms with van der Waals surface area (Å²) in [6.45, 7) is 4.22. The third-order valence-corrected chi connectivity index (χ3v) is 4.48. The molecule has 0 aliphatic heterocycles. The first-order valence-electron chi connectivity index (χ1n) is 6.86. The van der Waals surface area contributed by atoms with Gasteiger partial charge in [0.25, 0.3) is 0 Å². The fourth-order valence-corrected chi connectivity index (χ4v) is 3.17. The van der Waals surface area contributed by atoms with Crippen LogP contribution in [0.2, 0.25) is 0 Å². The van der Waals surface area contributed by atoms with Crippen LogP contribution in [0.1, 0.15) is 10.4 Å². The Morgan fingerprint density at radius 2 is 1.48 bits per heavy atom. The quantitative estimate of drug-likeness (QED) is 0.670. The number of rotatable bonds is 3. The molecule has 2 aromatic carbocycles. The van der Waals surface area contributed by atoms with Gasteiger partial charge in [-0.3, -0.25) is 0 Å². The highest BCUT2D eigenvalue weighted by molar-refractivity contribution is 7.15. The molecule has 0 bridgehead atoms. The van der Waals surface area contributed by atoms with Gasteiger partial charge in [0, 0.05) is 16.0 Å². The lowest BCUT2D eigenvalue weighted by Crippen LogP contribution is -1.83. The molecule has 0 saturated heterocycles. The lowest BCUT2D eigenvalue weighted by atomic mass is 10.1. The van der Waals surface area contributed by atoms with E-state index < -0.39 is 0 Å². The zero-order valence-corrected chi connectivity index (χ0v) is 13.2. The Kier molecular flexibility index (Phi) is 3.76. The average Bonchev–Trinajstić information content (AvgIpc) is 2.90. The van der Waals surface area contributed by atoms with Crippen LogP contribution in [0, 0.1) is 13.8 Å². The SMILES string of the molecule is COc1ccc(-c2nc(-c3ccc(C)cc3)c(C)s2)cc1. The van der Waals surface area contributed by atoms with Gasteiger partial charge in [-0.05, 0) is 38.1 Å². The second-order valence-corrected chi connectivity index (χ2v) is 6.22. The van der Waals surface area contributed by atoms with Gasteiger partial charge in [0.2, 0.25) is 0 Å². The number of ether oxygens (including phenoxy) is 1. The zero-order chi connectivity index (χ0) is 14.8. The molecule has 0 aliphatic rings. The minimum atomic E-state index is 0.866. The topological polar surface area (TPSA) is 22.1 Å². The van der Waals surface area contributed by atoms with Crippen molar-refractivity contribution in [2.75, 3.05) is 7.11 Å². The van der Waals surface area contributed by atoms with E-state index in [-0.39, 0.29) is 0 Å². The summed E-state index contributed by atoms with van der Waals surface area (Å²) < 4.78 is 5.20. The molecular formula is C18H17NOS. The maximum atomic E-state index is 5.20. The fourth-order valence-electron chi connectivity index (χ4n) is 2.23. The van der Waals surface area contributed by atoms with Crippen molar-refractivity contribution in [3.63, 3.8) is 0 Å². The maximum Gasteiger partial charge on any atom is 0.124 e. The van der Waals surface area contributed by atoms with Crippen molar-refractivity contribution in [3.8, 4) is 27.6 Å². The van der Waals surface area contributed by atoms with Crippen molar-refractivity contribution in [2.45, 2.75) is 13.8 Å². The van der Waals surface area contributed by atoms with Crippen molar-refractivity contribution in [2.24, 2.45) is 0 Å². The molecular weight excluding hydrogens is 278 g/mol. The van der Waals surface area contributed by atoms with Crippen LogP contribution in [-0.2, 0) is 0 Å². The molecule has 0 fully saturated rings. The molecule has 0 N–H and O–H groups in total. The van der Waals surface area contributed by atoms with Crippen molar-refractivity contribution in [1.29, 1.82) is 0 Å². The summed E-state index contributed by atoms with van der Waals surface area (Å²) in [6, 6.07) is 16.6. The standard InChI is InChI=1S/C18H17NOS/c1-12-4-6-14(7-5-12)17-13(2)21-18(19-17)15-8-10-16(20-3)11-9-15/h4-11H,1-3H3. The van der Waals surface area contributed by atoms with E-state index in [4.69, 9.17) is 9.72 Å². The lowest BCUT2D eigenvalue weighted by Gasteiger charge is -2.00. The van der Waals surface area contributed by atoms with Gasteiger partial charge in [-0.25, -0.2) is 4.98 Å². The van der Waals surface area contributed by atoms with Crippen molar-refractivity contribution < 1.29 is 4.74 Å². The van der Waals surface area contributed by atoms with Gasteiger partial charge < -0.3 is 4.74 Å². The van der Waals surface area contributed by atoms with E-state index in [9.17, 15) is 0 Å². The minimum Gasteiger partial charge on any atom is -0.497 e. The third kappa shape index (κ3) is 2.83. The van der Waals surface area contributed by atoms with Gasteiger partial charge in [0.1, 0.15) is 10.8 Å². The Morgan fingerprint density at radius 1 is 0.857 bits per heavy atom. The smallest absolute Gasteiger partial charge is 0.124 e. The number of benzene rings is 2. The monoisotopic (exact) mass is 295 g/mol. The van der Waals surface area contributed by atoms with Gasteiger partial charge in [0.15, 0.2) is 0 Å². The number of aryl methyl sites for hydroxylation is 2. The van der Waals surface area contributed by atoms with Gasteiger partial charge >= 0.3 is 0 Å². The summed E-state index contributed by atoms with van der Waals surface area (Å²) in [5.41, 5.74) is 4.64. The molecule has 1 aromatic heterocycles. The van der Waals surface area contributed by atoms with Gasteiger partial charge in [-0.15, -0.1) is 11.3 Å². The predicted octanol–water partition coefficient (Wildman–Crippen LogP) is 5.10. The number of aromatic nitrogens is 1. The second kappa shape index (κ2) is 5.70. The van der Waals surface area contributed by atoms with Gasteiger partial charge in [-0.2, -0.15) is 0 Å². The Balaban J connectivity index is 1.98. The Morgan fingerprint density at radius 3 is 2.10 bits per heavy atom. The summed E-state index contributed by atoms with van der Waals surface area (Å²) in [4.78, 5) is 6.05. The van der Waals surface area contributed by atoms with E-state index in [0.29, 0.717) is 0 Å². The highest BCUT2D eigenvalue weighted by Crippen LogP contribution is 2.33. The van der Waals surface area contributed by atoms with Crippen LogP contribution in [0.4, 0.5) is 0 Å². The van der Waals surface area contributed by atoms with Gasteiger partial charge in [0.05, 0.1) is 12.8 Å². The van der Waals surface area contributed by atoms with Crippen LogP contribution in [-0.4, -0.2) is 12.1 Å². The molecule has 0 spiro atoms. The van der Waals surface area contributed by atoms with Gasteiger partial charge in [-0.1, -0.05) is 29.8 Å². The highest BCUT2D eigenvalue weighted by Gasteiger charge is 2.11. The summed E-state index contributed by atoms with van der Waals surface area (Å²) in [5.74, 6) is 0.866. The molecule has 0 atom stereocenters. The zero-order valence-electron chi connectivity index (χ0n) is 12.4. The summed E-state index contributed by atoms with van der Waals surface area (Å²) in [6.07, 6.45) is 0. The number of hydrogen-bond acceptors (Lipinski definition) is 3. The summed E-state index contributed by atoms with van der Waals surface area (Å²) in [7, 11) is 1.68. The molecule has 0 radical (unpaired) electrons. The van der Waals surface area contributed by atoms with Crippen LogP contribution >= 0.6 is 11.3 Å². The largest absolute Gasteiger partial charge is 0.497 e. The first-order chi connectivity index (χ1) is 10.2. The fraction of sp³-hybridized carbons (Fsp3) is 0.167. The molecule has 1 heterocycles. The molecule has 21 heavy (non-hydrogen) atoms. The van der Waals surface area contributed by atoms with Crippen molar-refractivity contribution in [3.05, 3.63) is 59.0 Å². The highest BCUT2D eigenvalue weighted by atomic mass is 32.1. The normalized spacial score (nSPS) is 10.6. The number of nitrogens with zero attached hydrogens (tertiary/aromatic N) is 1. The average molecular weight is 295 g/mol. The van der Waals surface area contributed by atoms with E-state index in [0.717, 1.165) is 22.0 Å². The lowest BCUT2D eigenvalue weighted by molar-refractivity contribution is 0.415. The second-order valence-electron chi connectivity index (χ2n) is 5.02. The van der Waals surface area contributed by atoms with Crippen LogP contribution in [0.5, 0.6) is 5.75 Å². The molecule has 3 rings (SSSR count). The van der Waals surface area contributed by atoms with E-state index in [1.54, 1.807) is 18.4 Å². The molecule has 0 saturated carbocycles. The molecule has 2 nitrogen and oxygen atoms in total. The maximum absolute atomic E-state index is 5.20. The van der Waals surface area contributed by atoms with Crippen molar-refractivity contribution in [1.82, 2.24) is 4.98 Å². The van der Waals surface area contributed by atoms with Crippen molar-refractivity contribution >= 4 is 11.3 Å². The number of hydrogen-bond donors (Lipinski definition) is 0. The van der Waals surface area contributed by atoms with E-state index in [1.165, 1.54) is 16.0 Å².